The van der Waals surface area contributed by atoms with Gasteiger partial charge in [0.2, 0.25) is 0 Å². The summed E-state index contributed by atoms with van der Waals surface area (Å²) in [5.74, 6) is 4.59. The van der Waals surface area contributed by atoms with E-state index in [1.165, 1.54) is 70.6 Å². The quantitative estimate of drug-likeness (QED) is 0.176. The van der Waals surface area contributed by atoms with E-state index >= 15 is 0 Å². The number of hydrogen-bond acceptors (Lipinski definition) is 5. The fourth-order valence-corrected chi connectivity index (χ4v) is 10.6. The number of aliphatic hydroxyl groups is 1. The molecule has 5 nitrogen and oxygen atoms in total. The third-order valence-electron chi connectivity index (χ3n) is 13.2. The zero-order chi connectivity index (χ0) is 28.9. The van der Waals surface area contributed by atoms with Crippen molar-refractivity contribution in [3.05, 3.63) is 0 Å². The summed E-state index contributed by atoms with van der Waals surface area (Å²) in [5.41, 5.74) is 6.37. The van der Waals surface area contributed by atoms with Crippen LogP contribution in [-0.4, -0.2) is 49.2 Å². The first-order chi connectivity index (χ1) is 19.1. The van der Waals surface area contributed by atoms with Crippen LogP contribution in [-0.2, 0) is 4.79 Å². The maximum absolute atomic E-state index is 11.8. The molecule has 4 aliphatic carbocycles. The number of unbranched alkanes of at least 4 members (excludes halogenated alkanes) is 1. The lowest BCUT2D eigenvalue weighted by Crippen LogP contribution is -2.59. The van der Waals surface area contributed by atoms with Crippen molar-refractivity contribution >= 4 is 5.78 Å². The molecule has 0 heterocycles. The normalized spacial score (nSPS) is 40.6. The molecule has 11 atom stereocenters. The van der Waals surface area contributed by atoms with E-state index in [0.717, 1.165) is 57.3 Å². The summed E-state index contributed by atoms with van der Waals surface area (Å²) in [6.07, 6.45) is 17.1. The van der Waals surface area contributed by atoms with Gasteiger partial charge in [0.15, 0.2) is 0 Å². The Kier molecular flexibility index (Phi) is 11.6. The molecule has 5 heteroatoms. The second-order valence-corrected chi connectivity index (χ2v) is 15.5. The van der Waals surface area contributed by atoms with E-state index in [1.807, 2.05) is 0 Å². The second kappa shape index (κ2) is 14.3. The molecule has 0 radical (unpaired) electrons. The third kappa shape index (κ3) is 7.00. The number of Topliss-reactive ketones (excluding diaryl/α,β-unsaturated/α-hetero) is 1. The van der Waals surface area contributed by atoms with Crippen molar-refractivity contribution in [3.8, 4) is 0 Å². The van der Waals surface area contributed by atoms with Gasteiger partial charge in [0.1, 0.15) is 5.78 Å². The molecule has 40 heavy (non-hydrogen) atoms. The monoisotopic (exact) mass is 560 g/mol. The average molecular weight is 560 g/mol. The summed E-state index contributed by atoms with van der Waals surface area (Å²) < 4.78 is 0. The van der Waals surface area contributed by atoms with E-state index in [2.05, 4.69) is 38.3 Å². The predicted octanol–water partition coefficient (Wildman–Crippen LogP) is 6.32. The summed E-state index contributed by atoms with van der Waals surface area (Å²) in [5, 5.41) is 19.2. The van der Waals surface area contributed by atoms with Gasteiger partial charge < -0.3 is 21.5 Å². The lowest BCUT2D eigenvalue weighted by Gasteiger charge is -2.62. The van der Waals surface area contributed by atoms with Crippen LogP contribution in [0.5, 0.6) is 0 Å². The summed E-state index contributed by atoms with van der Waals surface area (Å²) in [7, 11) is 0. The van der Waals surface area contributed by atoms with E-state index in [4.69, 9.17) is 5.73 Å². The van der Waals surface area contributed by atoms with Crippen LogP contribution in [0.15, 0.2) is 0 Å². The Bertz CT molecular complexity index is 806. The third-order valence-corrected chi connectivity index (χ3v) is 13.2. The van der Waals surface area contributed by atoms with Gasteiger partial charge in [-0.25, -0.2) is 0 Å². The van der Waals surface area contributed by atoms with Crippen LogP contribution in [0.1, 0.15) is 125 Å². The molecule has 4 fully saturated rings. The standard InChI is InChI=1S/C35H65N3O2/c1-24(26(3)39)10-8-11-25(2)29-12-13-30-33-31(15-17-35(29,30)5)34(4)16-14-28(22-27(34)23-32(33)40)38-21-9-20-37-19-7-6-18-36/h24-25,27-33,37-38,40H,6-23,36H2,1-5H3/t24-,25-,27-,28+,29-,30?,31?,32-,33?,34+,35-/m1/s1. The Balaban J connectivity index is 1.29. The number of ketones is 1. The molecule has 0 amide bonds. The molecule has 3 unspecified atom stereocenters. The van der Waals surface area contributed by atoms with Gasteiger partial charge >= 0.3 is 0 Å². The molecule has 5 N–H and O–H groups in total. The molecule has 232 valence electrons. The number of nitrogens with two attached hydrogens (primary N) is 1. The minimum absolute atomic E-state index is 0.116. The molecule has 4 saturated carbocycles. The van der Waals surface area contributed by atoms with Crippen LogP contribution in [0.2, 0.25) is 0 Å². The number of hydrogen-bond donors (Lipinski definition) is 4. The van der Waals surface area contributed by atoms with E-state index in [1.54, 1.807) is 6.92 Å². The van der Waals surface area contributed by atoms with Crippen LogP contribution in [0.3, 0.4) is 0 Å². The smallest absolute Gasteiger partial charge is 0.132 e. The van der Waals surface area contributed by atoms with E-state index in [-0.39, 0.29) is 12.0 Å². The van der Waals surface area contributed by atoms with E-state index in [9.17, 15) is 9.90 Å². The van der Waals surface area contributed by atoms with Crippen molar-refractivity contribution in [1.29, 1.82) is 0 Å². The topological polar surface area (TPSA) is 87.4 Å². The molecule has 0 bridgehead atoms. The average Bonchev–Trinajstić information content (AvgIpc) is 3.27. The Morgan fingerprint density at radius 1 is 0.900 bits per heavy atom. The first kappa shape index (κ1) is 32.4. The van der Waals surface area contributed by atoms with Crippen LogP contribution in [0.4, 0.5) is 0 Å². The maximum Gasteiger partial charge on any atom is 0.132 e. The van der Waals surface area contributed by atoms with Gasteiger partial charge in [-0.15, -0.1) is 0 Å². The molecular formula is C35H65N3O2. The van der Waals surface area contributed by atoms with Crippen LogP contribution < -0.4 is 16.4 Å². The van der Waals surface area contributed by atoms with Crippen LogP contribution in [0.25, 0.3) is 0 Å². The number of rotatable bonds is 15. The zero-order valence-electron chi connectivity index (χ0n) is 26.9. The highest BCUT2D eigenvalue weighted by atomic mass is 16.3. The SMILES string of the molecule is CC(=O)[C@H](C)CCC[C@@H](C)[C@H]1CCC2C3C(CC[C@@]21C)[C@@]1(C)CC[C@H](NCCCNCCCCN)C[C@@H]1C[C@H]3O. The molecule has 4 aliphatic rings. The van der Waals surface area contributed by atoms with Gasteiger partial charge in [-0.05, 0) is 156 Å². The van der Waals surface area contributed by atoms with Crippen molar-refractivity contribution in [1.82, 2.24) is 10.6 Å². The summed E-state index contributed by atoms with van der Waals surface area (Å²) >= 11 is 0. The van der Waals surface area contributed by atoms with Gasteiger partial charge in [-0.1, -0.05) is 40.5 Å². The highest BCUT2D eigenvalue weighted by Gasteiger charge is 2.62. The number of aliphatic hydroxyl groups excluding tert-OH is 1. The van der Waals surface area contributed by atoms with Gasteiger partial charge in [-0.3, -0.25) is 4.79 Å². The van der Waals surface area contributed by atoms with Gasteiger partial charge in [-0.2, -0.15) is 0 Å². The Hall–Kier alpha value is -0.490. The fourth-order valence-electron chi connectivity index (χ4n) is 10.6. The minimum atomic E-state index is -0.116. The first-order valence-corrected chi connectivity index (χ1v) is 17.4. The molecule has 0 aromatic carbocycles. The highest BCUT2D eigenvalue weighted by Crippen LogP contribution is 2.68. The lowest BCUT2D eigenvalue weighted by molar-refractivity contribution is -0.167. The Morgan fingerprint density at radius 2 is 1.62 bits per heavy atom. The van der Waals surface area contributed by atoms with Crippen LogP contribution in [0, 0.1) is 52.3 Å². The number of carbonyl (C=O) groups is 1. The van der Waals surface area contributed by atoms with Gasteiger partial charge in [0, 0.05) is 12.0 Å². The summed E-state index contributed by atoms with van der Waals surface area (Å²) in [4.78, 5) is 11.7. The molecule has 0 saturated heterocycles. The van der Waals surface area contributed by atoms with Crippen LogP contribution >= 0.6 is 0 Å². The second-order valence-electron chi connectivity index (χ2n) is 15.5. The Labute approximate surface area is 247 Å². The number of fused-ring (bicyclic) bond motifs is 5. The fraction of sp³-hybridized carbons (Fsp3) is 0.971. The Morgan fingerprint density at radius 3 is 2.38 bits per heavy atom. The summed E-state index contributed by atoms with van der Waals surface area (Å²) in [6, 6.07) is 0.621. The number of carbonyl (C=O) groups excluding carboxylic acids is 1. The van der Waals surface area contributed by atoms with Crippen molar-refractivity contribution < 1.29 is 9.90 Å². The van der Waals surface area contributed by atoms with Crippen molar-refractivity contribution in [2.45, 2.75) is 137 Å². The van der Waals surface area contributed by atoms with E-state index in [0.29, 0.717) is 46.3 Å². The molecule has 0 spiro atoms. The highest BCUT2D eigenvalue weighted by molar-refractivity contribution is 5.77. The van der Waals surface area contributed by atoms with E-state index < -0.39 is 0 Å². The number of nitrogens with one attached hydrogen (secondary N) is 2. The largest absolute Gasteiger partial charge is 0.393 e. The van der Waals surface area contributed by atoms with Crippen molar-refractivity contribution in [3.63, 3.8) is 0 Å². The van der Waals surface area contributed by atoms with Gasteiger partial charge in [0.25, 0.3) is 0 Å². The summed E-state index contributed by atoms with van der Waals surface area (Å²) in [6.45, 7) is 15.6. The maximum atomic E-state index is 11.8. The van der Waals surface area contributed by atoms with Crippen molar-refractivity contribution in [2.24, 2.45) is 58.0 Å². The molecule has 0 aromatic heterocycles. The van der Waals surface area contributed by atoms with Crippen molar-refractivity contribution in [2.75, 3.05) is 26.2 Å². The molecule has 0 aromatic rings. The predicted molar refractivity (Wildman–Crippen MR) is 167 cm³/mol. The lowest BCUT2D eigenvalue weighted by atomic mass is 9.43. The molecular weight excluding hydrogens is 494 g/mol. The van der Waals surface area contributed by atoms with Gasteiger partial charge in [0.05, 0.1) is 6.10 Å². The minimum Gasteiger partial charge on any atom is -0.393 e. The first-order valence-electron chi connectivity index (χ1n) is 17.4. The molecule has 0 aliphatic heterocycles. The molecule has 4 rings (SSSR count). The zero-order valence-corrected chi connectivity index (χ0v) is 26.9.